The van der Waals surface area contributed by atoms with Crippen molar-refractivity contribution in [2.45, 2.75) is 13.5 Å². The molecule has 24 heavy (non-hydrogen) atoms. The van der Waals surface area contributed by atoms with E-state index in [-0.39, 0.29) is 6.03 Å². The van der Waals surface area contributed by atoms with Gasteiger partial charge in [0.25, 0.3) is 0 Å². The Bertz CT molecular complexity index is 784. The molecule has 0 unspecified atom stereocenters. The first-order valence-corrected chi connectivity index (χ1v) is 7.97. The minimum Gasteiger partial charge on any atom is -0.320 e. The van der Waals surface area contributed by atoms with Gasteiger partial charge in [0.1, 0.15) is 0 Å². The zero-order chi connectivity index (χ0) is 16.8. The minimum absolute atomic E-state index is 0.124. The monoisotopic (exact) mass is 320 g/mol. The van der Waals surface area contributed by atoms with Crippen LogP contribution in [-0.2, 0) is 6.54 Å². The Morgan fingerprint density at radius 1 is 1.08 bits per heavy atom. The van der Waals surface area contributed by atoms with Crippen LogP contribution in [0.1, 0.15) is 12.5 Å². The molecule has 0 spiro atoms. The molecule has 1 aromatic heterocycles. The van der Waals surface area contributed by atoms with Crippen LogP contribution in [0.5, 0.6) is 0 Å². The fourth-order valence-electron chi connectivity index (χ4n) is 2.52. The van der Waals surface area contributed by atoms with Gasteiger partial charge >= 0.3 is 6.03 Å². The lowest BCUT2D eigenvalue weighted by Gasteiger charge is -2.22. The Labute approximate surface area is 141 Å². The van der Waals surface area contributed by atoms with Gasteiger partial charge in [-0.05, 0) is 30.7 Å². The van der Waals surface area contributed by atoms with Crippen LogP contribution in [0.2, 0.25) is 0 Å². The zero-order valence-corrected chi connectivity index (χ0v) is 13.6. The van der Waals surface area contributed by atoms with Gasteiger partial charge in [0.15, 0.2) is 0 Å². The Morgan fingerprint density at radius 3 is 2.54 bits per heavy atom. The lowest BCUT2D eigenvalue weighted by Crippen LogP contribution is -2.34. The maximum atomic E-state index is 12.7. The molecule has 2 aromatic carbocycles. The topological polar surface area (TPSA) is 50.2 Å². The lowest BCUT2D eigenvalue weighted by molar-refractivity contribution is 0.212. The van der Waals surface area contributed by atoms with Crippen LogP contribution in [-0.4, -0.2) is 27.3 Å². The summed E-state index contributed by atoms with van der Waals surface area (Å²) < 4.78 is 1.74. The van der Waals surface area contributed by atoms with Crippen molar-refractivity contribution in [3.63, 3.8) is 0 Å². The summed E-state index contributed by atoms with van der Waals surface area (Å²) in [6.45, 7) is 3.18. The maximum Gasteiger partial charge on any atom is 0.322 e. The summed E-state index contributed by atoms with van der Waals surface area (Å²) in [6.07, 6.45) is 3.57. The molecule has 0 radical (unpaired) electrons. The number of amides is 2. The second-order valence-corrected chi connectivity index (χ2v) is 5.40. The van der Waals surface area contributed by atoms with Crippen LogP contribution < -0.4 is 5.32 Å². The largest absolute Gasteiger partial charge is 0.322 e. The van der Waals surface area contributed by atoms with Gasteiger partial charge in [-0.1, -0.05) is 42.5 Å². The van der Waals surface area contributed by atoms with E-state index in [1.807, 2.05) is 73.8 Å². The van der Waals surface area contributed by atoms with Gasteiger partial charge in [-0.2, -0.15) is 5.10 Å². The van der Waals surface area contributed by atoms with Crippen molar-refractivity contribution in [1.29, 1.82) is 0 Å². The fourth-order valence-corrected chi connectivity index (χ4v) is 2.52. The molecule has 5 heteroatoms. The SMILES string of the molecule is CCN(Cc1ccccc1)C(=O)Nc1ccccc1-n1cccn1. The number of hydrogen-bond donors (Lipinski definition) is 1. The first kappa shape index (κ1) is 15.8. The fraction of sp³-hybridized carbons (Fsp3) is 0.158. The number of carbonyl (C=O) groups excluding carboxylic acids is 1. The van der Waals surface area contributed by atoms with E-state index in [0.717, 1.165) is 16.9 Å². The second kappa shape index (κ2) is 7.46. The average Bonchev–Trinajstić information content (AvgIpc) is 3.15. The van der Waals surface area contributed by atoms with E-state index in [1.54, 1.807) is 15.8 Å². The molecule has 0 bridgehead atoms. The average molecular weight is 320 g/mol. The van der Waals surface area contributed by atoms with Crippen molar-refractivity contribution in [1.82, 2.24) is 14.7 Å². The molecule has 0 aliphatic rings. The first-order valence-electron chi connectivity index (χ1n) is 7.97. The number of benzene rings is 2. The molecule has 5 nitrogen and oxygen atoms in total. The molecular weight excluding hydrogens is 300 g/mol. The van der Waals surface area contributed by atoms with Crippen LogP contribution in [0.3, 0.4) is 0 Å². The summed E-state index contributed by atoms with van der Waals surface area (Å²) >= 11 is 0. The Kier molecular flexibility index (Phi) is 4.91. The van der Waals surface area contributed by atoms with E-state index in [0.29, 0.717) is 13.1 Å². The number of para-hydroxylation sites is 2. The summed E-state index contributed by atoms with van der Waals surface area (Å²) in [5.41, 5.74) is 2.68. The Balaban J connectivity index is 1.77. The van der Waals surface area contributed by atoms with E-state index in [4.69, 9.17) is 0 Å². The van der Waals surface area contributed by atoms with E-state index >= 15 is 0 Å². The molecule has 3 aromatic rings. The number of nitrogens with one attached hydrogen (secondary N) is 1. The third-order valence-corrected chi connectivity index (χ3v) is 3.78. The highest BCUT2D eigenvalue weighted by atomic mass is 16.2. The molecule has 1 heterocycles. The maximum absolute atomic E-state index is 12.7. The molecule has 2 amide bonds. The molecule has 0 aliphatic carbocycles. The molecule has 0 saturated heterocycles. The van der Waals surface area contributed by atoms with Crippen molar-refractivity contribution < 1.29 is 4.79 Å². The summed E-state index contributed by atoms with van der Waals surface area (Å²) in [5.74, 6) is 0. The van der Waals surface area contributed by atoms with Crippen LogP contribution in [0, 0.1) is 0 Å². The predicted octanol–water partition coefficient (Wildman–Crippen LogP) is 3.93. The summed E-state index contributed by atoms with van der Waals surface area (Å²) in [4.78, 5) is 14.4. The van der Waals surface area contributed by atoms with Gasteiger partial charge in [-0.15, -0.1) is 0 Å². The van der Waals surface area contributed by atoms with E-state index < -0.39 is 0 Å². The molecule has 122 valence electrons. The smallest absolute Gasteiger partial charge is 0.320 e. The number of urea groups is 1. The van der Waals surface area contributed by atoms with E-state index in [2.05, 4.69) is 10.4 Å². The van der Waals surface area contributed by atoms with Gasteiger partial charge in [0, 0.05) is 25.5 Å². The number of nitrogens with zero attached hydrogens (tertiary/aromatic N) is 3. The molecule has 0 aliphatic heterocycles. The summed E-state index contributed by atoms with van der Waals surface area (Å²) in [7, 11) is 0. The lowest BCUT2D eigenvalue weighted by atomic mass is 10.2. The van der Waals surface area contributed by atoms with E-state index in [1.165, 1.54) is 0 Å². The summed E-state index contributed by atoms with van der Waals surface area (Å²) in [5, 5.41) is 7.24. The highest BCUT2D eigenvalue weighted by molar-refractivity contribution is 5.91. The normalized spacial score (nSPS) is 10.4. The Morgan fingerprint density at radius 2 is 1.83 bits per heavy atom. The van der Waals surface area contributed by atoms with Crippen molar-refractivity contribution in [3.05, 3.63) is 78.6 Å². The number of anilines is 1. The van der Waals surface area contributed by atoms with Crippen molar-refractivity contribution >= 4 is 11.7 Å². The first-order chi connectivity index (χ1) is 11.8. The highest BCUT2D eigenvalue weighted by Crippen LogP contribution is 2.19. The highest BCUT2D eigenvalue weighted by Gasteiger charge is 2.14. The molecule has 0 saturated carbocycles. The minimum atomic E-state index is -0.124. The molecule has 1 N–H and O–H groups in total. The third-order valence-electron chi connectivity index (χ3n) is 3.78. The zero-order valence-electron chi connectivity index (χ0n) is 13.6. The van der Waals surface area contributed by atoms with Crippen LogP contribution in [0.25, 0.3) is 5.69 Å². The third kappa shape index (κ3) is 3.63. The van der Waals surface area contributed by atoms with Crippen molar-refractivity contribution in [3.8, 4) is 5.69 Å². The quantitative estimate of drug-likeness (QED) is 0.774. The van der Waals surface area contributed by atoms with Gasteiger partial charge in [0.2, 0.25) is 0 Å². The molecule has 3 rings (SSSR count). The number of hydrogen-bond acceptors (Lipinski definition) is 2. The molecule has 0 fully saturated rings. The van der Waals surface area contributed by atoms with Gasteiger partial charge in [-0.25, -0.2) is 9.48 Å². The Hall–Kier alpha value is -3.08. The van der Waals surface area contributed by atoms with Crippen molar-refractivity contribution in [2.24, 2.45) is 0 Å². The summed E-state index contributed by atoms with van der Waals surface area (Å²) in [6, 6.07) is 19.3. The van der Waals surface area contributed by atoms with Gasteiger partial charge in [-0.3, -0.25) is 0 Å². The molecular formula is C19H20N4O. The van der Waals surface area contributed by atoms with Gasteiger partial charge in [0.05, 0.1) is 11.4 Å². The number of aromatic nitrogens is 2. The van der Waals surface area contributed by atoms with Crippen LogP contribution >= 0.6 is 0 Å². The van der Waals surface area contributed by atoms with Crippen LogP contribution in [0.4, 0.5) is 10.5 Å². The van der Waals surface area contributed by atoms with Gasteiger partial charge < -0.3 is 10.2 Å². The second-order valence-electron chi connectivity index (χ2n) is 5.40. The van der Waals surface area contributed by atoms with Crippen molar-refractivity contribution in [2.75, 3.05) is 11.9 Å². The number of carbonyl (C=O) groups is 1. The molecule has 0 atom stereocenters. The number of rotatable bonds is 5. The van der Waals surface area contributed by atoms with E-state index in [9.17, 15) is 4.79 Å². The van der Waals surface area contributed by atoms with Crippen LogP contribution in [0.15, 0.2) is 73.1 Å². The standard InChI is InChI=1S/C19H20N4O/c1-2-22(15-16-9-4-3-5-10-16)19(24)21-17-11-6-7-12-18(17)23-14-8-13-20-23/h3-14H,2,15H2,1H3,(H,21,24). The predicted molar refractivity (Wildman–Crippen MR) is 95.1 cm³/mol.